The monoisotopic (exact) mass is 290 g/mol. The van der Waals surface area contributed by atoms with Gasteiger partial charge in [0, 0.05) is 30.9 Å². The zero-order valence-corrected chi connectivity index (χ0v) is 11.4. The maximum Gasteiger partial charge on any atom is 0.396 e. The van der Waals surface area contributed by atoms with E-state index in [1.807, 2.05) is 0 Å². The van der Waals surface area contributed by atoms with Gasteiger partial charge in [0.05, 0.1) is 6.61 Å². The van der Waals surface area contributed by atoms with Crippen LogP contribution in [0.1, 0.15) is 12.8 Å². The minimum absolute atomic E-state index is 0.158. The summed E-state index contributed by atoms with van der Waals surface area (Å²) < 4.78 is 10.0. The third-order valence-corrected chi connectivity index (χ3v) is 2.48. The first-order valence-corrected chi connectivity index (χ1v) is 6.38. The van der Waals surface area contributed by atoms with Crippen LogP contribution in [0.15, 0.2) is 28.9 Å². The molecule has 8 heteroatoms. The molecule has 21 heavy (non-hydrogen) atoms. The molecule has 2 aromatic rings. The van der Waals surface area contributed by atoms with Gasteiger partial charge in [-0.1, -0.05) is 0 Å². The molecular formula is C13H14N4O4. The normalized spacial score (nSPS) is 10.1. The Kier molecular flexibility index (Phi) is 4.97. The predicted molar refractivity (Wildman–Crippen MR) is 70.9 cm³/mol. The van der Waals surface area contributed by atoms with Crippen LogP contribution in [0.3, 0.4) is 0 Å². The molecule has 0 spiro atoms. The molecule has 0 aliphatic rings. The summed E-state index contributed by atoms with van der Waals surface area (Å²) in [7, 11) is 0. The Bertz CT molecular complexity index is 612. The van der Waals surface area contributed by atoms with E-state index in [0.29, 0.717) is 18.2 Å². The van der Waals surface area contributed by atoms with Crippen LogP contribution in [0.4, 0.5) is 0 Å². The number of carbonyl (C=O) groups excluding carboxylic acids is 2. The van der Waals surface area contributed by atoms with E-state index in [0.717, 1.165) is 5.56 Å². The molecule has 0 bridgehead atoms. The van der Waals surface area contributed by atoms with Crippen molar-refractivity contribution in [2.75, 3.05) is 13.2 Å². The molecule has 0 aliphatic heterocycles. The predicted octanol–water partition coefficient (Wildman–Crippen LogP) is 0.353. The second-order valence-electron chi connectivity index (χ2n) is 3.96. The van der Waals surface area contributed by atoms with Gasteiger partial charge in [-0.2, -0.15) is 0 Å². The number of nitrogens with zero attached hydrogens (tertiary/aromatic N) is 3. The zero-order chi connectivity index (χ0) is 15.1. The third kappa shape index (κ3) is 4.10. The van der Waals surface area contributed by atoms with Gasteiger partial charge in [0.25, 0.3) is 0 Å². The Labute approximate surface area is 120 Å². The highest BCUT2D eigenvalue weighted by Gasteiger charge is 2.14. The topological polar surface area (TPSA) is 107 Å². The summed E-state index contributed by atoms with van der Waals surface area (Å²) in [4.78, 5) is 26.3. The third-order valence-electron chi connectivity index (χ3n) is 2.48. The fraction of sp³-hybridized carbons (Fsp3) is 0.308. The average Bonchev–Trinajstić information content (AvgIpc) is 2.97. The molecule has 110 valence electrons. The molecule has 2 heterocycles. The van der Waals surface area contributed by atoms with Crippen molar-refractivity contribution in [2.24, 2.45) is 0 Å². The number of aromatic nitrogens is 3. The molecule has 2 rings (SSSR count). The first-order chi connectivity index (χ1) is 10.2. The van der Waals surface area contributed by atoms with Gasteiger partial charge in [0.1, 0.15) is 0 Å². The van der Waals surface area contributed by atoms with Gasteiger partial charge in [-0.3, -0.25) is 9.78 Å². The van der Waals surface area contributed by atoms with Gasteiger partial charge in [-0.25, -0.2) is 4.79 Å². The van der Waals surface area contributed by atoms with Crippen LogP contribution in [0.2, 0.25) is 0 Å². The standard InChI is InChI=1S/C13H14N4O4/c1-2-20-13(19)11(18)15-8-5-10-16-17-12(21-10)9-3-6-14-7-4-9/h3-4,6-7H,2,5,8H2,1H3,(H,15,18). The number of hydrogen-bond acceptors (Lipinski definition) is 7. The minimum Gasteiger partial charge on any atom is -0.459 e. The molecule has 0 fully saturated rings. The van der Waals surface area contributed by atoms with E-state index >= 15 is 0 Å². The quantitative estimate of drug-likeness (QED) is 0.625. The largest absolute Gasteiger partial charge is 0.459 e. The molecule has 0 radical (unpaired) electrons. The molecule has 0 atom stereocenters. The van der Waals surface area contributed by atoms with Crippen molar-refractivity contribution in [1.82, 2.24) is 20.5 Å². The second-order valence-corrected chi connectivity index (χ2v) is 3.96. The summed E-state index contributed by atoms with van der Waals surface area (Å²) in [6.07, 6.45) is 3.57. The Balaban J connectivity index is 1.84. The lowest BCUT2D eigenvalue weighted by Crippen LogP contribution is -2.33. The smallest absolute Gasteiger partial charge is 0.396 e. The van der Waals surface area contributed by atoms with Crippen molar-refractivity contribution in [3.8, 4) is 11.5 Å². The Morgan fingerprint density at radius 2 is 2.05 bits per heavy atom. The minimum atomic E-state index is -0.902. The maximum atomic E-state index is 11.3. The van der Waals surface area contributed by atoms with Crippen molar-refractivity contribution >= 4 is 11.9 Å². The van der Waals surface area contributed by atoms with Crippen LogP contribution < -0.4 is 5.32 Å². The molecule has 8 nitrogen and oxygen atoms in total. The van der Waals surface area contributed by atoms with Crippen LogP contribution in [-0.4, -0.2) is 40.2 Å². The SMILES string of the molecule is CCOC(=O)C(=O)NCCc1nnc(-c2ccncc2)o1. The molecule has 0 saturated heterocycles. The van der Waals surface area contributed by atoms with Crippen LogP contribution in [0.25, 0.3) is 11.5 Å². The first kappa shape index (κ1) is 14.6. The highest BCUT2D eigenvalue weighted by molar-refractivity contribution is 6.32. The van der Waals surface area contributed by atoms with E-state index in [9.17, 15) is 9.59 Å². The Morgan fingerprint density at radius 3 is 2.76 bits per heavy atom. The van der Waals surface area contributed by atoms with Crippen LogP contribution in [-0.2, 0) is 20.7 Å². The average molecular weight is 290 g/mol. The first-order valence-electron chi connectivity index (χ1n) is 6.38. The molecule has 0 saturated carbocycles. The molecule has 1 amide bonds. The molecule has 2 aromatic heterocycles. The van der Waals surface area contributed by atoms with Crippen LogP contribution in [0.5, 0.6) is 0 Å². The number of ether oxygens (including phenoxy) is 1. The van der Waals surface area contributed by atoms with E-state index < -0.39 is 11.9 Å². The molecule has 0 aromatic carbocycles. The van der Waals surface area contributed by atoms with E-state index in [1.165, 1.54) is 0 Å². The number of rotatable bonds is 5. The number of esters is 1. The molecule has 0 unspecified atom stereocenters. The molecule has 0 aliphatic carbocycles. The Morgan fingerprint density at radius 1 is 1.29 bits per heavy atom. The van der Waals surface area contributed by atoms with Crippen molar-refractivity contribution < 1.29 is 18.7 Å². The number of carbonyl (C=O) groups is 2. The van der Waals surface area contributed by atoms with E-state index in [-0.39, 0.29) is 13.2 Å². The highest BCUT2D eigenvalue weighted by atomic mass is 16.5. The lowest BCUT2D eigenvalue weighted by atomic mass is 10.3. The van der Waals surface area contributed by atoms with Gasteiger partial charge >= 0.3 is 11.9 Å². The summed E-state index contributed by atoms with van der Waals surface area (Å²) in [5, 5.41) is 10.2. The lowest BCUT2D eigenvalue weighted by molar-refractivity contribution is -0.154. The van der Waals surface area contributed by atoms with Gasteiger partial charge in [0.15, 0.2) is 0 Å². The number of amides is 1. The van der Waals surface area contributed by atoms with Crippen molar-refractivity contribution in [1.29, 1.82) is 0 Å². The van der Waals surface area contributed by atoms with Crippen molar-refractivity contribution in [2.45, 2.75) is 13.3 Å². The fourth-order valence-corrected chi connectivity index (χ4v) is 1.52. The van der Waals surface area contributed by atoms with E-state index in [2.05, 4.69) is 25.2 Å². The summed E-state index contributed by atoms with van der Waals surface area (Å²) in [6.45, 7) is 1.99. The number of pyridine rings is 1. The maximum absolute atomic E-state index is 11.3. The summed E-state index contributed by atoms with van der Waals surface area (Å²) in [5.74, 6) is -0.943. The van der Waals surface area contributed by atoms with Crippen LogP contribution >= 0.6 is 0 Å². The Hall–Kier alpha value is -2.77. The fourth-order valence-electron chi connectivity index (χ4n) is 1.52. The van der Waals surface area contributed by atoms with Crippen molar-refractivity contribution in [3.63, 3.8) is 0 Å². The number of hydrogen-bond donors (Lipinski definition) is 1. The van der Waals surface area contributed by atoms with Gasteiger partial charge in [0.2, 0.25) is 11.8 Å². The zero-order valence-electron chi connectivity index (χ0n) is 11.4. The lowest BCUT2D eigenvalue weighted by Gasteiger charge is -2.02. The van der Waals surface area contributed by atoms with Crippen molar-refractivity contribution in [3.05, 3.63) is 30.4 Å². The van der Waals surface area contributed by atoms with Gasteiger partial charge in [-0.05, 0) is 19.1 Å². The van der Waals surface area contributed by atoms with E-state index in [1.54, 1.807) is 31.5 Å². The second kappa shape index (κ2) is 7.13. The van der Waals surface area contributed by atoms with Gasteiger partial charge < -0.3 is 14.5 Å². The van der Waals surface area contributed by atoms with Crippen LogP contribution in [0, 0.1) is 0 Å². The summed E-state index contributed by atoms with van der Waals surface area (Å²) in [6, 6.07) is 3.50. The van der Waals surface area contributed by atoms with E-state index in [4.69, 9.17) is 4.42 Å². The molecule has 1 N–H and O–H groups in total. The van der Waals surface area contributed by atoms with Gasteiger partial charge in [-0.15, -0.1) is 10.2 Å². The summed E-state index contributed by atoms with van der Waals surface area (Å²) in [5.41, 5.74) is 0.763. The summed E-state index contributed by atoms with van der Waals surface area (Å²) >= 11 is 0. The molecular weight excluding hydrogens is 276 g/mol. The number of nitrogens with one attached hydrogen (secondary N) is 1. The highest BCUT2D eigenvalue weighted by Crippen LogP contribution is 2.16.